The van der Waals surface area contributed by atoms with Crippen LogP contribution in [0.1, 0.15) is 26.2 Å². The first kappa shape index (κ1) is 12.5. The minimum Gasteiger partial charge on any atom is -0.313 e. The largest absolute Gasteiger partial charge is 0.313 e. The van der Waals surface area contributed by atoms with Crippen LogP contribution in [0.15, 0.2) is 33.6 Å². The highest BCUT2D eigenvalue weighted by atomic mass is 79.9. The van der Waals surface area contributed by atoms with E-state index in [1.165, 1.54) is 28.6 Å². The van der Waals surface area contributed by atoms with E-state index in [-0.39, 0.29) is 0 Å². The molecule has 1 aliphatic rings. The molecular formula is C13H18BrNS. The molecule has 1 saturated carbocycles. The molecule has 0 bridgehead atoms. The molecule has 0 saturated heterocycles. The first-order chi connectivity index (χ1) is 7.81. The van der Waals surface area contributed by atoms with Gasteiger partial charge < -0.3 is 5.32 Å². The Morgan fingerprint density at radius 2 is 2.19 bits per heavy atom. The van der Waals surface area contributed by atoms with Crippen LogP contribution >= 0.6 is 27.7 Å². The lowest BCUT2D eigenvalue weighted by molar-refractivity contribution is 0.551. The molecule has 0 aromatic heterocycles. The highest BCUT2D eigenvalue weighted by molar-refractivity contribution is 9.10. The van der Waals surface area contributed by atoms with E-state index in [1.54, 1.807) is 0 Å². The van der Waals surface area contributed by atoms with Crippen LogP contribution in [0.4, 0.5) is 0 Å². The second-order valence-corrected chi connectivity index (χ2v) is 6.32. The van der Waals surface area contributed by atoms with Gasteiger partial charge in [-0.25, -0.2) is 0 Å². The van der Waals surface area contributed by atoms with Crippen molar-refractivity contribution in [2.45, 2.75) is 42.4 Å². The maximum atomic E-state index is 3.62. The SMILES string of the molecule is CCNC1CCCC1Sc1ccccc1Br. The van der Waals surface area contributed by atoms with Gasteiger partial charge in [-0.3, -0.25) is 0 Å². The van der Waals surface area contributed by atoms with Crippen molar-refractivity contribution in [3.63, 3.8) is 0 Å². The molecule has 2 rings (SSSR count). The van der Waals surface area contributed by atoms with Crippen molar-refractivity contribution in [1.29, 1.82) is 0 Å². The molecule has 0 radical (unpaired) electrons. The van der Waals surface area contributed by atoms with Gasteiger partial charge in [-0.1, -0.05) is 25.5 Å². The van der Waals surface area contributed by atoms with Gasteiger partial charge in [0.05, 0.1) is 0 Å². The van der Waals surface area contributed by atoms with Gasteiger partial charge in [0.2, 0.25) is 0 Å². The quantitative estimate of drug-likeness (QED) is 0.899. The number of rotatable bonds is 4. The molecule has 0 amide bonds. The fourth-order valence-electron chi connectivity index (χ4n) is 2.27. The molecular weight excluding hydrogens is 282 g/mol. The third-order valence-corrected chi connectivity index (χ3v) is 5.46. The fourth-order valence-corrected chi connectivity index (χ4v) is 4.18. The Morgan fingerprint density at radius 3 is 2.94 bits per heavy atom. The van der Waals surface area contributed by atoms with E-state index in [2.05, 4.69) is 52.4 Å². The molecule has 1 nitrogen and oxygen atoms in total. The van der Waals surface area contributed by atoms with Gasteiger partial charge in [0.1, 0.15) is 0 Å². The predicted octanol–water partition coefficient (Wildman–Crippen LogP) is 4.07. The van der Waals surface area contributed by atoms with Crippen LogP contribution in [0.3, 0.4) is 0 Å². The zero-order chi connectivity index (χ0) is 11.4. The van der Waals surface area contributed by atoms with E-state index >= 15 is 0 Å². The standard InChI is InChI=1S/C13H18BrNS/c1-2-15-11-7-5-9-13(11)16-12-8-4-3-6-10(12)14/h3-4,6,8,11,13,15H,2,5,7,9H2,1H3. The van der Waals surface area contributed by atoms with E-state index in [0.29, 0.717) is 6.04 Å². The van der Waals surface area contributed by atoms with Gasteiger partial charge in [-0.15, -0.1) is 11.8 Å². The molecule has 1 fully saturated rings. The summed E-state index contributed by atoms with van der Waals surface area (Å²) in [6.07, 6.45) is 4.03. The van der Waals surface area contributed by atoms with Crippen molar-refractivity contribution in [2.75, 3.05) is 6.54 Å². The van der Waals surface area contributed by atoms with Crippen LogP contribution in [-0.2, 0) is 0 Å². The summed E-state index contributed by atoms with van der Waals surface area (Å²) in [6.45, 7) is 3.27. The minimum absolute atomic E-state index is 0.696. The molecule has 16 heavy (non-hydrogen) atoms. The van der Waals surface area contributed by atoms with E-state index in [9.17, 15) is 0 Å². The van der Waals surface area contributed by atoms with E-state index in [1.807, 2.05) is 11.8 Å². The molecule has 1 N–H and O–H groups in total. The maximum Gasteiger partial charge on any atom is 0.0311 e. The summed E-state index contributed by atoms with van der Waals surface area (Å²) in [5, 5.41) is 4.33. The average Bonchev–Trinajstić information content (AvgIpc) is 2.70. The topological polar surface area (TPSA) is 12.0 Å². The summed E-state index contributed by atoms with van der Waals surface area (Å²) in [7, 11) is 0. The summed E-state index contributed by atoms with van der Waals surface area (Å²) in [6, 6.07) is 9.21. The van der Waals surface area contributed by atoms with Crippen LogP contribution in [0.5, 0.6) is 0 Å². The number of benzene rings is 1. The number of thioether (sulfide) groups is 1. The van der Waals surface area contributed by atoms with Gasteiger partial charge in [-0.2, -0.15) is 0 Å². The molecule has 3 heteroatoms. The lowest BCUT2D eigenvalue weighted by Gasteiger charge is -2.20. The van der Waals surface area contributed by atoms with Gasteiger partial charge >= 0.3 is 0 Å². The summed E-state index contributed by atoms with van der Waals surface area (Å²) in [4.78, 5) is 1.37. The molecule has 0 spiro atoms. The van der Waals surface area contributed by atoms with Crippen molar-refractivity contribution in [3.8, 4) is 0 Å². The van der Waals surface area contributed by atoms with Gasteiger partial charge in [0, 0.05) is 20.7 Å². The van der Waals surface area contributed by atoms with E-state index in [0.717, 1.165) is 11.8 Å². The number of hydrogen-bond donors (Lipinski definition) is 1. The van der Waals surface area contributed by atoms with Crippen molar-refractivity contribution < 1.29 is 0 Å². The normalized spacial score (nSPS) is 24.9. The first-order valence-electron chi connectivity index (χ1n) is 5.96. The highest BCUT2D eigenvalue weighted by Crippen LogP contribution is 2.38. The number of halogens is 1. The first-order valence-corrected chi connectivity index (χ1v) is 7.63. The summed E-state index contributed by atoms with van der Waals surface area (Å²) in [5.74, 6) is 0. The monoisotopic (exact) mass is 299 g/mol. The molecule has 0 heterocycles. The number of hydrogen-bond acceptors (Lipinski definition) is 2. The Kier molecular flexibility index (Phi) is 4.74. The lowest BCUT2D eigenvalue weighted by Crippen LogP contribution is -2.33. The second kappa shape index (κ2) is 6.08. The van der Waals surface area contributed by atoms with Gasteiger partial charge in [-0.05, 0) is 47.4 Å². The number of nitrogens with one attached hydrogen (secondary N) is 1. The molecule has 2 unspecified atom stereocenters. The third-order valence-electron chi connectivity index (χ3n) is 3.03. The molecule has 2 atom stereocenters. The summed E-state index contributed by atoms with van der Waals surface area (Å²) >= 11 is 5.64. The van der Waals surface area contributed by atoms with Gasteiger partial charge in [0.15, 0.2) is 0 Å². The minimum atomic E-state index is 0.696. The Labute approximate surface area is 111 Å². The van der Waals surface area contributed by atoms with Crippen molar-refractivity contribution in [2.24, 2.45) is 0 Å². The Bertz CT molecular complexity index is 342. The molecule has 1 aliphatic carbocycles. The molecule has 88 valence electrons. The van der Waals surface area contributed by atoms with Crippen LogP contribution in [0.2, 0.25) is 0 Å². The lowest BCUT2D eigenvalue weighted by atomic mass is 10.2. The van der Waals surface area contributed by atoms with Crippen LogP contribution in [0, 0.1) is 0 Å². The molecule has 1 aromatic rings. The molecule has 0 aliphatic heterocycles. The highest BCUT2D eigenvalue weighted by Gasteiger charge is 2.27. The third kappa shape index (κ3) is 3.02. The van der Waals surface area contributed by atoms with E-state index in [4.69, 9.17) is 0 Å². The Morgan fingerprint density at radius 1 is 1.38 bits per heavy atom. The van der Waals surface area contributed by atoms with Crippen LogP contribution in [0.25, 0.3) is 0 Å². The summed E-state index contributed by atoms with van der Waals surface area (Å²) < 4.78 is 1.22. The Balaban J connectivity index is 2.01. The maximum absolute atomic E-state index is 3.62. The second-order valence-electron chi connectivity index (χ2n) is 4.18. The fraction of sp³-hybridized carbons (Fsp3) is 0.538. The summed E-state index contributed by atoms with van der Waals surface area (Å²) in [5.41, 5.74) is 0. The zero-order valence-electron chi connectivity index (χ0n) is 9.58. The smallest absolute Gasteiger partial charge is 0.0311 e. The zero-order valence-corrected chi connectivity index (χ0v) is 12.0. The van der Waals surface area contributed by atoms with E-state index < -0.39 is 0 Å². The predicted molar refractivity (Wildman–Crippen MR) is 75.1 cm³/mol. The van der Waals surface area contributed by atoms with Crippen molar-refractivity contribution >= 4 is 27.7 Å². The van der Waals surface area contributed by atoms with Crippen LogP contribution < -0.4 is 5.32 Å². The van der Waals surface area contributed by atoms with Gasteiger partial charge in [0.25, 0.3) is 0 Å². The Hall–Kier alpha value is 0.01000. The van der Waals surface area contributed by atoms with Crippen molar-refractivity contribution in [3.05, 3.63) is 28.7 Å². The van der Waals surface area contributed by atoms with Crippen LogP contribution in [-0.4, -0.2) is 17.8 Å². The average molecular weight is 300 g/mol. The molecule has 1 aromatic carbocycles. The van der Waals surface area contributed by atoms with Crippen molar-refractivity contribution in [1.82, 2.24) is 5.32 Å².